The fourth-order valence-electron chi connectivity index (χ4n) is 9.15. The minimum absolute atomic E-state index is 0.0156. The number of benzene rings is 4. The number of likely N-dealkylation sites (tertiary alicyclic amines) is 1. The van der Waals surface area contributed by atoms with Gasteiger partial charge in [0.1, 0.15) is 0 Å². The van der Waals surface area contributed by atoms with Crippen molar-refractivity contribution in [1.82, 2.24) is 4.90 Å². The van der Waals surface area contributed by atoms with Crippen LogP contribution < -0.4 is 9.80 Å². The van der Waals surface area contributed by atoms with Crippen molar-refractivity contribution in [2.24, 2.45) is 5.92 Å². The summed E-state index contributed by atoms with van der Waals surface area (Å²) in [6.07, 6.45) is 0.897. The van der Waals surface area contributed by atoms with Crippen molar-refractivity contribution in [3.63, 3.8) is 0 Å². The quantitative estimate of drug-likeness (QED) is 0.212. The Balaban J connectivity index is 1.10. The van der Waals surface area contributed by atoms with Crippen LogP contribution in [0.25, 0.3) is 10.8 Å². The minimum Gasteiger partial charge on any atom is -0.432 e. The molecule has 9 nitrogen and oxygen atoms in total. The Hall–Kier alpha value is -4.06. The molecule has 4 aromatic carbocycles. The lowest BCUT2D eigenvalue weighted by molar-refractivity contribution is -0.150. The monoisotopic (exact) mass is 709 g/mol. The van der Waals surface area contributed by atoms with E-state index < -0.39 is 31.5 Å². The van der Waals surface area contributed by atoms with Crippen molar-refractivity contribution in [2.75, 3.05) is 23.0 Å². The van der Waals surface area contributed by atoms with E-state index >= 15 is 0 Å². The minimum atomic E-state index is -2.98. The molecule has 0 aliphatic carbocycles. The summed E-state index contributed by atoms with van der Waals surface area (Å²) in [5.74, 6) is -0.907. The molecule has 0 saturated carbocycles. The van der Waals surface area contributed by atoms with Crippen LogP contribution in [-0.2, 0) is 26.5 Å². The van der Waals surface area contributed by atoms with E-state index in [0.717, 1.165) is 40.6 Å². The SMILES string of the molecule is C[C@@H]1[C@@H]([Si](C)(C)O)[C@H](CC(=O)N2CCC[C@H]2CO)O[C@@]12C(=O)N(Cc1ccc(N3C(=O)c4cccc5cccc3c45)cc1)c1ccc(Cl)cc12. The van der Waals surface area contributed by atoms with Crippen LogP contribution in [0.5, 0.6) is 0 Å². The average Bonchev–Trinajstić information content (AvgIpc) is 3.82. The number of hydrogen-bond donors (Lipinski definition) is 2. The summed E-state index contributed by atoms with van der Waals surface area (Å²) in [5, 5.41) is 12.3. The second-order valence-corrected chi connectivity index (χ2v) is 19.1. The number of halogens is 1. The van der Waals surface area contributed by atoms with Crippen LogP contribution in [0.4, 0.5) is 17.1 Å². The van der Waals surface area contributed by atoms with Crippen molar-refractivity contribution in [2.45, 2.75) is 69.1 Å². The number of aliphatic hydroxyl groups is 1. The van der Waals surface area contributed by atoms with Gasteiger partial charge in [0.05, 0.1) is 48.7 Å². The molecule has 2 N–H and O–H groups in total. The van der Waals surface area contributed by atoms with Gasteiger partial charge < -0.3 is 24.4 Å². The van der Waals surface area contributed by atoms with Gasteiger partial charge in [0.2, 0.25) is 5.91 Å². The third-order valence-corrected chi connectivity index (χ3v) is 14.1. The first-order valence-corrected chi connectivity index (χ1v) is 20.7. The van der Waals surface area contributed by atoms with E-state index in [4.69, 9.17) is 16.3 Å². The van der Waals surface area contributed by atoms with Crippen molar-refractivity contribution in [1.29, 1.82) is 0 Å². The molecule has 8 rings (SSSR count). The summed E-state index contributed by atoms with van der Waals surface area (Å²) >= 11 is 6.56. The Morgan fingerprint density at radius 1 is 1.02 bits per heavy atom. The first-order chi connectivity index (χ1) is 23.9. The van der Waals surface area contributed by atoms with Crippen molar-refractivity contribution in [3.8, 4) is 0 Å². The Labute approximate surface area is 297 Å². The molecule has 0 radical (unpaired) electrons. The number of fused-ring (bicyclic) bond motifs is 2. The predicted octanol–water partition coefficient (Wildman–Crippen LogP) is 6.50. The highest BCUT2D eigenvalue weighted by atomic mass is 35.5. The van der Waals surface area contributed by atoms with Crippen molar-refractivity contribution >= 4 is 65.5 Å². The van der Waals surface area contributed by atoms with E-state index in [2.05, 4.69) is 0 Å². The van der Waals surface area contributed by atoms with E-state index in [1.807, 2.05) is 86.7 Å². The van der Waals surface area contributed by atoms with Gasteiger partial charge in [-0.3, -0.25) is 19.3 Å². The number of nitrogens with zero attached hydrogens (tertiary/aromatic N) is 3. The first-order valence-electron chi connectivity index (χ1n) is 17.3. The molecule has 5 atom stereocenters. The summed E-state index contributed by atoms with van der Waals surface area (Å²) < 4.78 is 6.85. The van der Waals surface area contributed by atoms with Gasteiger partial charge in [-0.15, -0.1) is 0 Å². The average molecular weight is 710 g/mol. The zero-order valence-electron chi connectivity index (χ0n) is 28.3. The Kier molecular flexibility index (Phi) is 7.96. The van der Waals surface area contributed by atoms with Crippen LogP contribution in [0, 0.1) is 5.92 Å². The molecule has 4 aromatic rings. The van der Waals surface area contributed by atoms with E-state index in [0.29, 0.717) is 28.4 Å². The number of amides is 3. The van der Waals surface area contributed by atoms with E-state index in [1.54, 1.807) is 26.8 Å². The summed E-state index contributed by atoms with van der Waals surface area (Å²) in [5.41, 5.74) is 2.59. The number of anilines is 3. The molecule has 50 heavy (non-hydrogen) atoms. The van der Waals surface area contributed by atoms with Crippen LogP contribution in [0.2, 0.25) is 23.7 Å². The van der Waals surface area contributed by atoms with Gasteiger partial charge in [0, 0.05) is 39.7 Å². The zero-order valence-corrected chi connectivity index (χ0v) is 30.1. The molecule has 1 spiro atoms. The highest BCUT2D eigenvalue weighted by molar-refractivity contribution is 6.71. The summed E-state index contributed by atoms with van der Waals surface area (Å²) in [6, 6.07) is 24.5. The molecule has 4 aliphatic heterocycles. The van der Waals surface area contributed by atoms with Gasteiger partial charge in [-0.05, 0) is 79.3 Å². The Morgan fingerprint density at radius 3 is 2.48 bits per heavy atom. The summed E-state index contributed by atoms with van der Waals surface area (Å²) in [4.78, 5) is 58.8. The van der Waals surface area contributed by atoms with Crippen molar-refractivity contribution in [3.05, 3.63) is 101 Å². The molecular formula is C39H40ClN3O6Si. The number of rotatable bonds is 7. The maximum absolute atomic E-state index is 14.8. The molecule has 11 heteroatoms. The second kappa shape index (κ2) is 12.0. The van der Waals surface area contributed by atoms with Gasteiger partial charge in [-0.25, -0.2) is 0 Å². The van der Waals surface area contributed by atoms with Crippen LogP contribution in [0.1, 0.15) is 47.7 Å². The number of aliphatic hydroxyl groups excluding tert-OH is 1. The van der Waals surface area contributed by atoms with Crippen LogP contribution >= 0.6 is 11.6 Å². The Morgan fingerprint density at radius 2 is 1.76 bits per heavy atom. The molecule has 4 aliphatic rings. The lowest BCUT2D eigenvalue weighted by atomic mass is 9.82. The topological polar surface area (TPSA) is 111 Å². The molecule has 0 unspecified atom stereocenters. The van der Waals surface area contributed by atoms with Gasteiger partial charge in [0.25, 0.3) is 11.8 Å². The van der Waals surface area contributed by atoms with E-state index in [1.165, 1.54) is 0 Å². The lowest BCUT2D eigenvalue weighted by Gasteiger charge is -2.32. The number of hydrogen-bond acceptors (Lipinski definition) is 6. The third-order valence-electron chi connectivity index (χ3n) is 11.3. The highest BCUT2D eigenvalue weighted by Crippen LogP contribution is 2.60. The van der Waals surface area contributed by atoms with E-state index in [9.17, 15) is 24.3 Å². The maximum Gasteiger partial charge on any atom is 0.264 e. The molecular weight excluding hydrogens is 670 g/mol. The second-order valence-electron chi connectivity index (χ2n) is 14.7. The van der Waals surface area contributed by atoms with Gasteiger partial charge in [-0.1, -0.05) is 54.9 Å². The first kappa shape index (κ1) is 33.1. The maximum atomic E-state index is 14.8. The molecule has 2 fully saturated rings. The molecule has 3 amide bonds. The largest absolute Gasteiger partial charge is 0.432 e. The smallest absolute Gasteiger partial charge is 0.264 e. The van der Waals surface area contributed by atoms with Gasteiger partial charge >= 0.3 is 0 Å². The fourth-order valence-corrected chi connectivity index (χ4v) is 11.9. The lowest BCUT2D eigenvalue weighted by Crippen LogP contribution is -2.46. The number of carbonyl (C=O) groups is 3. The highest BCUT2D eigenvalue weighted by Gasteiger charge is 2.66. The Bertz CT molecular complexity index is 2040. The predicted molar refractivity (Wildman–Crippen MR) is 195 cm³/mol. The summed E-state index contributed by atoms with van der Waals surface area (Å²) in [7, 11) is -2.98. The van der Waals surface area contributed by atoms with Crippen LogP contribution in [-0.4, -0.2) is 66.1 Å². The van der Waals surface area contributed by atoms with Gasteiger partial charge in [-0.2, -0.15) is 0 Å². The number of ether oxygens (including phenoxy) is 1. The molecule has 258 valence electrons. The van der Waals surface area contributed by atoms with Crippen LogP contribution in [0.15, 0.2) is 78.9 Å². The summed E-state index contributed by atoms with van der Waals surface area (Å²) in [6.45, 7) is 6.33. The third kappa shape index (κ3) is 4.95. The number of carbonyl (C=O) groups excluding carboxylic acids is 3. The molecule has 2 saturated heterocycles. The molecule has 0 aromatic heterocycles. The normalized spacial score (nSPS) is 25.8. The molecule has 4 heterocycles. The molecule has 0 bridgehead atoms. The van der Waals surface area contributed by atoms with Crippen molar-refractivity contribution < 1.29 is 29.0 Å². The van der Waals surface area contributed by atoms with Gasteiger partial charge in [0.15, 0.2) is 13.9 Å². The standard InChI is InChI=1S/C39H40ClN3O6Si/c1-23-36(50(2,3)48)33(20-34(45)41-18-6-9-28(41)22-44)49-39(23)30-19-26(40)14-17-31(30)42(38(39)47)21-24-12-15-27(16-13-24)43-32-11-5-8-25-7-4-10-29(35(25)32)37(43)46/h4-5,7-8,10-17,19,23,28,33,36,44,48H,6,9,18,20-22H2,1-3H3/t23-,28+,33+,36-,39+/m1/s1. The fraction of sp³-hybridized carbons (Fsp3) is 0.359. The van der Waals surface area contributed by atoms with E-state index in [-0.39, 0.29) is 43.3 Å². The van der Waals surface area contributed by atoms with Crippen LogP contribution in [0.3, 0.4) is 0 Å². The zero-order chi connectivity index (χ0) is 35.1.